The van der Waals surface area contributed by atoms with Crippen molar-refractivity contribution in [3.8, 4) is 0 Å². The van der Waals surface area contributed by atoms with Crippen molar-refractivity contribution < 1.29 is 5.11 Å². The van der Waals surface area contributed by atoms with Gasteiger partial charge in [0.2, 0.25) is 0 Å². The summed E-state index contributed by atoms with van der Waals surface area (Å²) in [5, 5.41) is 14.1. The molecule has 4 nitrogen and oxygen atoms in total. The van der Waals surface area contributed by atoms with Gasteiger partial charge in [-0.3, -0.25) is 5.32 Å². The van der Waals surface area contributed by atoms with Crippen molar-refractivity contribution in [2.45, 2.75) is 39.1 Å². The van der Waals surface area contributed by atoms with Crippen molar-refractivity contribution in [2.24, 2.45) is 0 Å². The van der Waals surface area contributed by atoms with E-state index in [1.54, 1.807) is 0 Å². The second-order valence-corrected chi connectivity index (χ2v) is 5.88. The Morgan fingerprint density at radius 2 is 1.95 bits per heavy atom. The summed E-state index contributed by atoms with van der Waals surface area (Å²) in [7, 11) is 0. The third kappa shape index (κ3) is 2.04. The molecule has 0 fully saturated rings. The lowest BCUT2D eigenvalue weighted by atomic mass is 10.0. The SMILES string of the molecule is Cc1nc2c(n1C(C)C)C(c1ccc(Cl)cc1)NC2O. The topological polar surface area (TPSA) is 50.1 Å². The van der Waals surface area contributed by atoms with Gasteiger partial charge in [-0.1, -0.05) is 23.7 Å². The smallest absolute Gasteiger partial charge is 0.150 e. The summed E-state index contributed by atoms with van der Waals surface area (Å²) >= 11 is 5.95. The molecule has 2 aromatic rings. The number of fused-ring (bicyclic) bond motifs is 1. The van der Waals surface area contributed by atoms with Crippen LogP contribution in [0.3, 0.4) is 0 Å². The van der Waals surface area contributed by atoms with Crippen molar-refractivity contribution in [2.75, 3.05) is 0 Å². The first-order chi connectivity index (χ1) is 9.49. The van der Waals surface area contributed by atoms with Gasteiger partial charge in [-0.2, -0.15) is 0 Å². The van der Waals surface area contributed by atoms with Crippen LogP contribution in [0.2, 0.25) is 5.02 Å². The minimum Gasteiger partial charge on any atom is -0.373 e. The standard InChI is InChI=1S/C15H18ClN3O/c1-8(2)19-9(3)17-13-14(19)12(18-15(13)20)10-4-6-11(16)7-5-10/h4-8,12,15,18,20H,1-3H3. The molecule has 0 aliphatic carbocycles. The highest BCUT2D eigenvalue weighted by molar-refractivity contribution is 6.30. The average molecular weight is 292 g/mol. The molecule has 3 rings (SSSR count). The minimum atomic E-state index is -0.718. The predicted octanol–water partition coefficient (Wildman–Crippen LogP) is 3.11. The van der Waals surface area contributed by atoms with Gasteiger partial charge in [0.25, 0.3) is 0 Å². The molecule has 2 N–H and O–H groups in total. The van der Waals surface area contributed by atoms with Gasteiger partial charge < -0.3 is 9.67 Å². The lowest BCUT2D eigenvalue weighted by Crippen LogP contribution is -2.22. The van der Waals surface area contributed by atoms with Crippen LogP contribution >= 0.6 is 11.6 Å². The fraction of sp³-hybridized carbons (Fsp3) is 0.400. The molecule has 0 spiro atoms. The highest BCUT2D eigenvalue weighted by atomic mass is 35.5. The highest BCUT2D eigenvalue weighted by Crippen LogP contribution is 2.37. The molecule has 0 saturated heterocycles. The van der Waals surface area contributed by atoms with Crippen LogP contribution in [0.15, 0.2) is 24.3 Å². The van der Waals surface area contributed by atoms with Crippen molar-refractivity contribution in [3.05, 3.63) is 52.1 Å². The van der Waals surface area contributed by atoms with E-state index in [4.69, 9.17) is 11.6 Å². The third-order valence-corrected chi connectivity index (χ3v) is 3.98. The number of imidazole rings is 1. The molecule has 1 aliphatic rings. The Morgan fingerprint density at radius 1 is 1.30 bits per heavy atom. The van der Waals surface area contributed by atoms with Crippen LogP contribution in [0.5, 0.6) is 0 Å². The fourth-order valence-electron chi connectivity index (χ4n) is 2.95. The molecule has 2 heterocycles. The van der Waals surface area contributed by atoms with E-state index in [2.05, 4.69) is 28.7 Å². The first-order valence-electron chi connectivity index (χ1n) is 6.77. The Morgan fingerprint density at radius 3 is 2.55 bits per heavy atom. The third-order valence-electron chi connectivity index (χ3n) is 3.73. The van der Waals surface area contributed by atoms with E-state index in [0.29, 0.717) is 11.1 Å². The molecular formula is C15H18ClN3O. The summed E-state index contributed by atoms with van der Waals surface area (Å²) in [5.74, 6) is 0.935. The minimum absolute atomic E-state index is 0.0548. The van der Waals surface area contributed by atoms with Gasteiger partial charge in [0.15, 0.2) is 6.23 Å². The van der Waals surface area contributed by atoms with Crippen LogP contribution in [0, 0.1) is 6.92 Å². The van der Waals surface area contributed by atoms with Crippen LogP contribution < -0.4 is 5.32 Å². The molecule has 20 heavy (non-hydrogen) atoms. The Kier molecular flexibility index (Phi) is 3.32. The van der Waals surface area contributed by atoms with E-state index in [-0.39, 0.29) is 6.04 Å². The number of nitrogens with zero attached hydrogens (tertiary/aromatic N) is 2. The molecule has 0 bridgehead atoms. The number of hydrogen-bond donors (Lipinski definition) is 2. The summed E-state index contributed by atoms with van der Waals surface area (Å²) in [6.07, 6.45) is -0.718. The molecule has 1 aromatic heterocycles. The molecular weight excluding hydrogens is 274 g/mol. The molecule has 0 saturated carbocycles. The van der Waals surface area contributed by atoms with Gasteiger partial charge >= 0.3 is 0 Å². The quantitative estimate of drug-likeness (QED) is 0.894. The van der Waals surface area contributed by atoms with Gasteiger partial charge in [-0.05, 0) is 38.5 Å². The van der Waals surface area contributed by atoms with Crippen LogP contribution in [0.1, 0.15) is 54.9 Å². The van der Waals surface area contributed by atoms with E-state index < -0.39 is 6.23 Å². The lowest BCUT2D eigenvalue weighted by molar-refractivity contribution is 0.141. The predicted molar refractivity (Wildman–Crippen MR) is 78.7 cm³/mol. The molecule has 0 amide bonds. The number of rotatable bonds is 2. The average Bonchev–Trinajstić information content (AvgIpc) is 2.88. The van der Waals surface area contributed by atoms with E-state index in [1.807, 2.05) is 31.2 Å². The number of halogens is 1. The second kappa shape index (κ2) is 4.88. The van der Waals surface area contributed by atoms with Crippen LogP contribution in [-0.2, 0) is 0 Å². The number of aliphatic hydroxyl groups excluding tert-OH is 1. The van der Waals surface area contributed by atoms with Gasteiger partial charge in [0.1, 0.15) is 11.5 Å². The Hall–Kier alpha value is -1.36. The number of aliphatic hydroxyl groups is 1. The van der Waals surface area contributed by atoms with Crippen molar-refractivity contribution in [3.63, 3.8) is 0 Å². The molecule has 2 unspecified atom stereocenters. The number of nitrogens with one attached hydrogen (secondary N) is 1. The number of hydrogen-bond acceptors (Lipinski definition) is 3. The zero-order valence-electron chi connectivity index (χ0n) is 11.8. The second-order valence-electron chi connectivity index (χ2n) is 5.45. The van der Waals surface area contributed by atoms with E-state index in [9.17, 15) is 5.11 Å². The van der Waals surface area contributed by atoms with Gasteiger partial charge in [0.05, 0.1) is 11.7 Å². The number of benzene rings is 1. The summed E-state index contributed by atoms with van der Waals surface area (Å²) in [6.45, 7) is 6.22. The van der Waals surface area contributed by atoms with Crippen molar-refractivity contribution >= 4 is 11.6 Å². The maximum atomic E-state index is 10.2. The first kappa shape index (κ1) is 13.6. The molecule has 0 radical (unpaired) electrons. The van der Waals surface area contributed by atoms with Crippen molar-refractivity contribution in [1.82, 2.24) is 14.9 Å². The van der Waals surface area contributed by atoms with E-state index in [1.165, 1.54) is 0 Å². The monoisotopic (exact) mass is 291 g/mol. The Balaban J connectivity index is 2.12. The van der Waals surface area contributed by atoms with Crippen LogP contribution in [0.4, 0.5) is 0 Å². The number of aryl methyl sites for hydroxylation is 1. The van der Waals surface area contributed by atoms with Crippen LogP contribution in [-0.4, -0.2) is 14.7 Å². The van der Waals surface area contributed by atoms with E-state index >= 15 is 0 Å². The number of aromatic nitrogens is 2. The Bertz CT molecular complexity index is 633. The molecule has 2 atom stereocenters. The maximum absolute atomic E-state index is 10.2. The normalized spacial score (nSPS) is 21.5. The van der Waals surface area contributed by atoms with Gasteiger partial charge in [-0.25, -0.2) is 4.98 Å². The molecule has 1 aliphatic heterocycles. The Labute approximate surface area is 123 Å². The highest BCUT2D eigenvalue weighted by Gasteiger charge is 2.36. The zero-order valence-corrected chi connectivity index (χ0v) is 12.5. The summed E-state index contributed by atoms with van der Waals surface area (Å²) in [5.41, 5.74) is 2.86. The molecule has 1 aromatic carbocycles. The fourth-order valence-corrected chi connectivity index (χ4v) is 3.07. The maximum Gasteiger partial charge on any atom is 0.150 e. The zero-order chi connectivity index (χ0) is 14.4. The molecule has 5 heteroatoms. The summed E-state index contributed by atoms with van der Waals surface area (Å²) < 4.78 is 2.18. The van der Waals surface area contributed by atoms with Gasteiger partial charge in [-0.15, -0.1) is 0 Å². The summed E-state index contributed by atoms with van der Waals surface area (Å²) in [4.78, 5) is 4.51. The molecule has 106 valence electrons. The summed E-state index contributed by atoms with van der Waals surface area (Å²) in [6, 6.07) is 7.94. The van der Waals surface area contributed by atoms with Gasteiger partial charge in [0, 0.05) is 11.1 Å². The first-order valence-corrected chi connectivity index (χ1v) is 7.15. The van der Waals surface area contributed by atoms with Crippen molar-refractivity contribution in [1.29, 1.82) is 0 Å². The van der Waals surface area contributed by atoms with E-state index in [0.717, 1.165) is 22.8 Å². The van der Waals surface area contributed by atoms with Crippen LogP contribution in [0.25, 0.3) is 0 Å². The largest absolute Gasteiger partial charge is 0.373 e. The lowest BCUT2D eigenvalue weighted by Gasteiger charge is -2.19.